The highest BCUT2D eigenvalue weighted by atomic mass is 79.9. The van der Waals surface area contributed by atoms with E-state index in [1.54, 1.807) is 24.3 Å². The minimum absolute atomic E-state index is 0.218. The van der Waals surface area contributed by atoms with E-state index in [1.807, 2.05) is 0 Å². The average molecular weight is 276 g/mol. The van der Waals surface area contributed by atoms with Crippen LogP contribution in [-0.2, 0) is 9.84 Å². The Morgan fingerprint density at radius 1 is 1.29 bits per heavy atom. The van der Waals surface area contributed by atoms with Crippen LogP contribution < -0.4 is 5.73 Å². The number of nitrogens with two attached hydrogens (primary N) is 1. The quantitative estimate of drug-likeness (QED) is 0.914. The van der Waals surface area contributed by atoms with Crippen molar-refractivity contribution in [2.24, 2.45) is 5.73 Å². The number of hydrogen-bond donors (Lipinski definition) is 1. The van der Waals surface area contributed by atoms with Gasteiger partial charge in [-0.3, -0.25) is 0 Å². The van der Waals surface area contributed by atoms with E-state index in [2.05, 4.69) is 15.9 Å². The molecule has 0 aromatic heterocycles. The third-order valence-electron chi connectivity index (χ3n) is 1.55. The highest BCUT2D eigenvalue weighted by molar-refractivity contribution is 9.10. The normalized spacial score (nSPS) is 12.1. The fourth-order valence-electron chi connectivity index (χ4n) is 0.885. The van der Waals surface area contributed by atoms with Crippen LogP contribution in [0.25, 0.3) is 0 Å². The highest BCUT2D eigenvalue weighted by Crippen LogP contribution is 2.16. The van der Waals surface area contributed by atoms with Gasteiger partial charge in [0.05, 0.1) is 4.90 Å². The first-order valence-corrected chi connectivity index (χ1v) is 6.27. The van der Waals surface area contributed by atoms with E-state index in [-0.39, 0.29) is 11.4 Å². The molecule has 0 aliphatic rings. The van der Waals surface area contributed by atoms with E-state index in [1.165, 1.54) is 6.08 Å². The first-order chi connectivity index (χ1) is 6.56. The van der Waals surface area contributed by atoms with Crippen molar-refractivity contribution >= 4 is 25.8 Å². The summed E-state index contributed by atoms with van der Waals surface area (Å²) in [6.07, 6.45) is 1.41. The molecule has 0 radical (unpaired) electrons. The van der Waals surface area contributed by atoms with Crippen LogP contribution in [0.15, 0.2) is 45.1 Å². The molecule has 2 N–H and O–H groups in total. The van der Waals surface area contributed by atoms with E-state index in [9.17, 15) is 8.42 Å². The van der Waals surface area contributed by atoms with Crippen LogP contribution in [-0.4, -0.2) is 15.0 Å². The summed E-state index contributed by atoms with van der Waals surface area (Å²) in [7, 11) is -3.32. The molecule has 1 aromatic carbocycles. The third-order valence-corrected chi connectivity index (χ3v) is 3.56. The van der Waals surface area contributed by atoms with Crippen molar-refractivity contribution in [3.05, 3.63) is 40.2 Å². The zero-order valence-electron chi connectivity index (χ0n) is 7.35. The molecule has 1 rings (SSSR count). The molecule has 0 spiro atoms. The van der Waals surface area contributed by atoms with Crippen molar-refractivity contribution in [3.63, 3.8) is 0 Å². The summed E-state index contributed by atoms with van der Waals surface area (Å²) in [5.41, 5.74) is 5.18. The summed E-state index contributed by atoms with van der Waals surface area (Å²) in [4.78, 5) is 0.269. The molecule has 14 heavy (non-hydrogen) atoms. The lowest BCUT2D eigenvalue weighted by atomic mass is 10.4. The average Bonchev–Trinajstić information content (AvgIpc) is 2.16. The Kier molecular flexibility index (Phi) is 3.86. The van der Waals surface area contributed by atoms with Crippen LogP contribution in [0.4, 0.5) is 0 Å². The molecule has 0 fully saturated rings. The second kappa shape index (κ2) is 4.72. The van der Waals surface area contributed by atoms with E-state index < -0.39 is 9.84 Å². The number of hydrogen-bond acceptors (Lipinski definition) is 3. The van der Waals surface area contributed by atoms with Crippen LogP contribution in [0.5, 0.6) is 0 Å². The Bertz CT molecular complexity index is 423. The number of sulfone groups is 1. The fourth-order valence-corrected chi connectivity index (χ4v) is 2.19. The maximum Gasteiger partial charge on any atom is 0.199 e. The predicted molar refractivity (Wildman–Crippen MR) is 59.5 cm³/mol. The van der Waals surface area contributed by atoms with Gasteiger partial charge in [-0.05, 0) is 24.3 Å². The third kappa shape index (κ3) is 2.94. The minimum Gasteiger partial charge on any atom is -0.327 e. The van der Waals surface area contributed by atoms with Gasteiger partial charge in [0.2, 0.25) is 0 Å². The molecule has 3 nitrogen and oxygen atoms in total. The summed E-state index contributed by atoms with van der Waals surface area (Å²) >= 11 is 3.23. The maximum atomic E-state index is 11.5. The van der Waals surface area contributed by atoms with E-state index in [0.29, 0.717) is 0 Å². The molecule has 76 valence electrons. The standard InChI is InChI=1S/C9H10BrNO2S/c10-8-2-4-9(5-3-8)14(12,13)7-1-6-11/h1-5,7H,6,11H2. The second-order valence-corrected chi connectivity index (χ2v) is 5.36. The van der Waals surface area contributed by atoms with Gasteiger partial charge in [-0.25, -0.2) is 8.42 Å². The molecule has 0 bridgehead atoms. The van der Waals surface area contributed by atoms with Crippen LogP contribution >= 0.6 is 15.9 Å². The van der Waals surface area contributed by atoms with E-state index in [0.717, 1.165) is 9.88 Å². The molecule has 5 heteroatoms. The molecule has 0 atom stereocenters. The Morgan fingerprint density at radius 2 is 1.86 bits per heavy atom. The molecule has 0 heterocycles. The maximum absolute atomic E-state index is 11.5. The van der Waals surface area contributed by atoms with Crippen LogP contribution in [0.2, 0.25) is 0 Å². The lowest BCUT2D eigenvalue weighted by Crippen LogP contribution is -1.99. The number of halogens is 1. The predicted octanol–water partition coefficient (Wildman–Crippen LogP) is 1.70. The van der Waals surface area contributed by atoms with Crippen LogP contribution in [0, 0.1) is 0 Å². The van der Waals surface area contributed by atoms with Gasteiger partial charge in [0, 0.05) is 16.4 Å². The van der Waals surface area contributed by atoms with Crippen LogP contribution in [0.1, 0.15) is 0 Å². The zero-order valence-corrected chi connectivity index (χ0v) is 9.75. The second-order valence-electron chi connectivity index (χ2n) is 2.61. The van der Waals surface area contributed by atoms with Gasteiger partial charge >= 0.3 is 0 Å². The Hall–Kier alpha value is -0.650. The first-order valence-electron chi connectivity index (χ1n) is 3.93. The largest absolute Gasteiger partial charge is 0.327 e. The van der Waals surface area contributed by atoms with Gasteiger partial charge in [0.25, 0.3) is 0 Å². The van der Waals surface area contributed by atoms with Gasteiger partial charge in [-0.2, -0.15) is 0 Å². The van der Waals surface area contributed by atoms with Crippen molar-refractivity contribution in [2.75, 3.05) is 6.54 Å². The number of benzene rings is 1. The summed E-state index contributed by atoms with van der Waals surface area (Å²) in [5, 5.41) is 1.12. The van der Waals surface area contributed by atoms with Crippen LogP contribution in [0.3, 0.4) is 0 Å². The van der Waals surface area contributed by atoms with Crippen molar-refractivity contribution in [1.29, 1.82) is 0 Å². The lowest BCUT2D eigenvalue weighted by Gasteiger charge is -1.98. The lowest BCUT2D eigenvalue weighted by molar-refractivity contribution is 0.604. The smallest absolute Gasteiger partial charge is 0.199 e. The van der Waals surface area contributed by atoms with E-state index >= 15 is 0 Å². The van der Waals surface area contributed by atoms with Crippen molar-refractivity contribution in [2.45, 2.75) is 4.90 Å². The first kappa shape index (κ1) is 11.4. The monoisotopic (exact) mass is 275 g/mol. The van der Waals surface area contributed by atoms with Crippen molar-refractivity contribution < 1.29 is 8.42 Å². The molecule has 1 aromatic rings. The minimum atomic E-state index is -3.32. The summed E-state index contributed by atoms with van der Waals surface area (Å²) < 4.78 is 23.9. The summed E-state index contributed by atoms with van der Waals surface area (Å²) in [5.74, 6) is 0. The fraction of sp³-hybridized carbons (Fsp3) is 0.111. The van der Waals surface area contributed by atoms with Crippen molar-refractivity contribution in [1.82, 2.24) is 0 Å². The van der Waals surface area contributed by atoms with Crippen molar-refractivity contribution in [3.8, 4) is 0 Å². The molecule has 0 saturated carbocycles. The van der Waals surface area contributed by atoms with E-state index in [4.69, 9.17) is 5.73 Å². The van der Waals surface area contributed by atoms with Gasteiger partial charge < -0.3 is 5.73 Å². The van der Waals surface area contributed by atoms with Gasteiger partial charge in [-0.15, -0.1) is 0 Å². The Labute approximate surface area is 91.7 Å². The molecule has 0 saturated heterocycles. The molecule has 0 aliphatic carbocycles. The highest BCUT2D eigenvalue weighted by Gasteiger charge is 2.08. The molecular formula is C9H10BrNO2S. The molecular weight excluding hydrogens is 266 g/mol. The Balaban J connectivity index is 3.05. The topological polar surface area (TPSA) is 60.2 Å². The number of rotatable bonds is 3. The Morgan fingerprint density at radius 3 is 2.36 bits per heavy atom. The summed E-state index contributed by atoms with van der Waals surface area (Å²) in [6.45, 7) is 0.218. The van der Waals surface area contributed by atoms with Gasteiger partial charge in [-0.1, -0.05) is 22.0 Å². The van der Waals surface area contributed by atoms with Gasteiger partial charge in [0.15, 0.2) is 9.84 Å². The summed E-state index contributed by atoms with van der Waals surface area (Å²) in [6, 6.07) is 6.45. The molecule has 0 unspecified atom stereocenters. The molecule has 0 aliphatic heterocycles. The SMILES string of the molecule is NCC=CS(=O)(=O)c1ccc(Br)cc1. The zero-order chi connectivity index (χ0) is 10.6. The molecule has 0 amide bonds. The van der Waals surface area contributed by atoms with Gasteiger partial charge in [0.1, 0.15) is 0 Å².